The van der Waals surface area contributed by atoms with Crippen molar-refractivity contribution >= 4 is 15.9 Å². The van der Waals surface area contributed by atoms with Crippen LogP contribution in [0.25, 0.3) is 0 Å². The van der Waals surface area contributed by atoms with Crippen LogP contribution in [-0.4, -0.2) is 50.6 Å². The van der Waals surface area contributed by atoms with Crippen LogP contribution in [0.1, 0.15) is 30.1 Å². The van der Waals surface area contributed by atoms with E-state index >= 15 is 0 Å². The van der Waals surface area contributed by atoms with Crippen LogP contribution < -0.4 is 10.1 Å². The first-order valence-electron chi connectivity index (χ1n) is 7.39. The third-order valence-corrected chi connectivity index (χ3v) is 4.99. The highest BCUT2D eigenvalue weighted by molar-refractivity contribution is 7.88. The third-order valence-electron chi connectivity index (χ3n) is 3.69. The fourth-order valence-electron chi connectivity index (χ4n) is 2.53. The van der Waals surface area contributed by atoms with E-state index < -0.39 is 10.0 Å². The van der Waals surface area contributed by atoms with Gasteiger partial charge in [-0.15, -0.1) is 0 Å². The van der Waals surface area contributed by atoms with E-state index in [4.69, 9.17) is 4.74 Å². The van der Waals surface area contributed by atoms with Crippen molar-refractivity contribution in [3.05, 3.63) is 29.8 Å². The van der Waals surface area contributed by atoms with Gasteiger partial charge in [0.1, 0.15) is 5.75 Å². The number of ether oxygens (including phenoxy) is 1. The highest BCUT2D eigenvalue weighted by atomic mass is 32.2. The van der Waals surface area contributed by atoms with E-state index in [-0.39, 0.29) is 11.9 Å². The second-order valence-electron chi connectivity index (χ2n) is 5.34. The normalized spacial score (nSPS) is 17.2. The van der Waals surface area contributed by atoms with E-state index in [0.29, 0.717) is 43.9 Å². The summed E-state index contributed by atoms with van der Waals surface area (Å²) in [5.41, 5.74) is 0.509. The maximum Gasteiger partial charge on any atom is 0.255 e. The van der Waals surface area contributed by atoms with Gasteiger partial charge >= 0.3 is 0 Å². The SMILES string of the molecule is CCOc1ccccc1C(=O)NC1CCN(S(C)(=O)=O)CC1. The molecule has 1 aliphatic heterocycles. The molecule has 1 heterocycles. The van der Waals surface area contributed by atoms with Gasteiger partial charge in [0.05, 0.1) is 18.4 Å². The van der Waals surface area contributed by atoms with Crippen molar-refractivity contribution in [2.24, 2.45) is 0 Å². The summed E-state index contributed by atoms with van der Waals surface area (Å²) in [6, 6.07) is 7.10. The molecule has 0 unspecified atom stereocenters. The second-order valence-corrected chi connectivity index (χ2v) is 7.32. The highest BCUT2D eigenvalue weighted by Crippen LogP contribution is 2.19. The summed E-state index contributed by atoms with van der Waals surface area (Å²) in [5, 5.41) is 2.97. The van der Waals surface area contributed by atoms with Gasteiger partial charge in [-0.1, -0.05) is 12.1 Å². The van der Waals surface area contributed by atoms with Crippen molar-refractivity contribution in [2.45, 2.75) is 25.8 Å². The maximum atomic E-state index is 12.4. The number of carbonyl (C=O) groups is 1. The number of sulfonamides is 1. The molecule has 7 heteroatoms. The molecular formula is C15H22N2O4S. The predicted octanol–water partition coefficient (Wildman–Crippen LogP) is 1.24. The summed E-state index contributed by atoms with van der Waals surface area (Å²) in [7, 11) is -3.14. The largest absolute Gasteiger partial charge is 0.493 e. The Kier molecular flexibility index (Phi) is 5.42. The van der Waals surface area contributed by atoms with Crippen molar-refractivity contribution in [2.75, 3.05) is 26.0 Å². The molecule has 1 saturated heterocycles. The number of nitrogens with one attached hydrogen (secondary N) is 1. The van der Waals surface area contributed by atoms with Gasteiger partial charge in [0.25, 0.3) is 5.91 Å². The first-order valence-corrected chi connectivity index (χ1v) is 9.24. The quantitative estimate of drug-likeness (QED) is 0.883. The summed E-state index contributed by atoms with van der Waals surface area (Å²) >= 11 is 0. The first kappa shape index (κ1) is 16.8. The van der Waals surface area contributed by atoms with Gasteiger partial charge in [0.2, 0.25) is 10.0 Å². The standard InChI is InChI=1S/C15H22N2O4S/c1-3-21-14-7-5-4-6-13(14)15(18)16-12-8-10-17(11-9-12)22(2,19)20/h4-7,12H,3,8-11H2,1-2H3,(H,16,18). The molecule has 1 aliphatic rings. The molecule has 0 aromatic heterocycles. The van der Waals surface area contributed by atoms with Gasteiger partial charge in [-0.25, -0.2) is 12.7 Å². The minimum Gasteiger partial charge on any atom is -0.493 e. The number of hydrogen-bond donors (Lipinski definition) is 1. The molecule has 1 aromatic carbocycles. The molecule has 0 radical (unpaired) electrons. The maximum absolute atomic E-state index is 12.4. The predicted molar refractivity (Wildman–Crippen MR) is 84.5 cm³/mol. The number of piperidine rings is 1. The lowest BCUT2D eigenvalue weighted by Gasteiger charge is -2.30. The summed E-state index contributed by atoms with van der Waals surface area (Å²) in [5.74, 6) is 0.387. The van der Waals surface area contributed by atoms with Crippen LogP contribution in [0.2, 0.25) is 0 Å². The molecule has 0 atom stereocenters. The molecule has 1 fully saturated rings. The minimum absolute atomic E-state index is 0.0137. The van der Waals surface area contributed by atoms with Crippen LogP contribution in [0.4, 0.5) is 0 Å². The second kappa shape index (κ2) is 7.11. The Balaban J connectivity index is 1.97. The van der Waals surface area contributed by atoms with Gasteiger partial charge in [0, 0.05) is 19.1 Å². The molecule has 6 nitrogen and oxygen atoms in total. The molecule has 0 spiro atoms. The van der Waals surface area contributed by atoms with E-state index in [1.54, 1.807) is 18.2 Å². The number of amides is 1. The van der Waals surface area contributed by atoms with Crippen LogP contribution >= 0.6 is 0 Å². The lowest BCUT2D eigenvalue weighted by Crippen LogP contribution is -2.46. The molecular weight excluding hydrogens is 304 g/mol. The average molecular weight is 326 g/mol. The van der Waals surface area contributed by atoms with E-state index in [2.05, 4.69) is 5.32 Å². The molecule has 2 rings (SSSR count). The zero-order valence-corrected chi connectivity index (χ0v) is 13.7. The van der Waals surface area contributed by atoms with Crippen LogP contribution in [0.3, 0.4) is 0 Å². The third kappa shape index (κ3) is 4.20. The Hall–Kier alpha value is -1.60. The zero-order chi connectivity index (χ0) is 16.2. The summed E-state index contributed by atoms with van der Waals surface area (Å²) in [6.45, 7) is 3.25. The number of para-hydroxylation sites is 1. The van der Waals surface area contributed by atoms with Crippen LogP contribution in [-0.2, 0) is 10.0 Å². The van der Waals surface area contributed by atoms with E-state index in [0.717, 1.165) is 0 Å². The van der Waals surface area contributed by atoms with Crippen molar-refractivity contribution < 1.29 is 17.9 Å². The fourth-order valence-corrected chi connectivity index (χ4v) is 3.40. The molecule has 1 aromatic rings. The van der Waals surface area contributed by atoms with Gasteiger partial charge in [0.15, 0.2) is 0 Å². The van der Waals surface area contributed by atoms with Gasteiger partial charge in [-0.3, -0.25) is 4.79 Å². The molecule has 1 amide bonds. The molecule has 122 valence electrons. The van der Waals surface area contributed by atoms with Crippen molar-refractivity contribution in [1.29, 1.82) is 0 Å². The summed E-state index contributed by atoms with van der Waals surface area (Å²) in [6.07, 6.45) is 2.45. The van der Waals surface area contributed by atoms with Crippen LogP contribution in [0, 0.1) is 0 Å². The van der Waals surface area contributed by atoms with Crippen molar-refractivity contribution in [3.63, 3.8) is 0 Å². The number of rotatable bonds is 5. The number of hydrogen-bond acceptors (Lipinski definition) is 4. The van der Waals surface area contributed by atoms with E-state index in [1.807, 2.05) is 13.0 Å². The molecule has 0 aliphatic carbocycles. The topological polar surface area (TPSA) is 75.7 Å². The Labute approximate surface area is 131 Å². The molecule has 0 bridgehead atoms. The smallest absolute Gasteiger partial charge is 0.255 e. The average Bonchev–Trinajstić information content (AvgIpc) is 2.47. The Bertz CT molecular complexity index is 622. The molecule has 22 heavy (non-hydrogen) atoms. The summed E-state index contributed by atoms with van der Waals surface area (Å²) < 4.78 is 29.9. The number of nitrogens with zero attached hydrogens (tertiary/aromatic N) is 1. The van der Waals surface area contributed by atoms with Crippen LogP contribution in [0.5, 0.6) is 5.75 Å². The Morgan fingerprint density at radius 1 is 1.32 bits per heavy atom. The van der Waals surface area contributed by atoms with Crippen LogP contribution in [0.15, 0.2) is 24.3 Å². The monoisotopic (exact) mass is 326 g/mol. The number of carbonyl (C=O) groups excluding carboxylic acids is 1. The van der Waals surface area contributed by atoms with Gasteiger partial charge < -0.3 is 10.1 Å². The summed E-state index contributed by atoms with van der Waals surface area (Å²) in [4.78, 5) is 12.4. The van der Waals surface area contributed by atoms with E-state index in [9.17, 15) is 13.2 Å². The van der Waals surface area contributed by atoms with E-state index in [1.165, 1.54) is 10.6 Å². The van der Waals surface area contributed by atoms with Crippen molar-refractivity contribution in [3.8, 4) is 5.75 Å². The van der Waals surface area contributed by atoms with Crippen molar-refractivity contribution in [1.82, 2.24) is 9.62 Å². The number of benzene rings is 1. The first-order chi connectivity index (χ1) is 10.4. The Morgan fingerprint density at radius 2 is 1.95 bits per heavy atom. The highest BCUT2D eigenvalue weighted by Gasteiger charge is 2.26. The molecule has 1 N–H and O–H groups in total. The lowest BCUT2D eigenvalue weighted by atomic mass is 10.1. The van der Waals surface area contributed by atoms with Gasteiger partial charge in [-0.05, 0) is 31.9 Å². The Morgan fingerprint density at radius 3 is 2.55 bits per heavy atom. The minimum atomic E-state index is -3.14. The van der Waals surface area contributed by atoms with Gasteiger partial charge in [-0.2, -0.15) is 0 Å². The fraction of sp³-hybridized carbons (Fsp3) is 0.533. The zero-order valence-electron chi connectivity index (χ0n) is 12.9. The molecule has 0 saturated carbocycles. The lowest BCUT2D eigenvalue weighted by molar-refractivity contribution is 0.0920.